The van der Waals surface area contributed by atoms with Crippen molar-refractivity contribution in [2.24, 2.45) is 0 Å². The monoisotopic (exact) mass is 322 g/mol. The minimum atomic E-state index is -1.27. The van der Waals surface area contributed by atoms with Crippen molar-refractivity contribution in [1.82, 2.24) is 15.0 Å². The van der Waals surface area contributed by atoms with Gasteiger partial charge in [-0.1, -0.05) is 0 Å². The third-order valence-electron chi connectivity index (χ3n) is 2.11. The van der Waals surface area contributed by atoms with Gasteiger partial charge in [-0.2, -0.15) is 0 Å². The van der Waals surface area contributed by atoms with Gasteiger partial charge in [0.05, 0.1) is 0 Å². The van der Waals surface area contributed by atoms with Crippen LogP contribution in [0.3, 0.4) is 0 Å². The van der Waals surface area contributed by atoms with Gasteiger partial charge in [-0.25, -0.2) is 19.7 Å². The third-order valence-corrected chi connectivity index (χ3v) is 2.75. The SMILES string of the molecule is O=C(Nc1nccnc1C(=O)O)c1ncccc1Br. The number of hydrogen-bond acceptors (Lipinski definition) is 5. The number of carbonyl (C=O) groups is 2. The quantitative estimate of drug-likeness (QED) is 0.888. The topological polar surface area (TPSA) is 105 Å². The number of carboxylic acid groups (broad SMARTS) is 1. The van der Waals surface area contributed by atoms with E-state index in [9.17, 15) is 9.59 Å². The number of rotatable bonds is 3. The van der Waals surface area contributed by atoms with Crippen molar-refractivity contribution in [2.75, 3.05) is 5.32 Å². The second-order valence-electron chi connectivity index (χ2n) is 3.35. The molecule has 1 amide bonds. The maximum absolute atomic E-state index is 11.9. The summed E-state index contributed by atoms with van der Waals surface area (Å²) in [5, 5.41) is 11.3. The van der Waals surface area contributed by atoms with Gasteiger partial charge in [0.2, 0.25) is 0 Å². The number of aromatic carboxylic acids is 1. The molecule has 2 heterocycles. The van der Waals surface area contributed by atoms with Crippen LogP contribution in [0.25, 0.3) is 0 Å². The van der Waals surface area contributed by atoms with Gasteiger partial charge in [0, 0.05) is 23.1 Å². The average molecular weight is 323 g/mol. The van der Waals surface area contributed by atoms with Crippen LogP contribution in [0.4, 0.5) is 5.82 Å². The van der Waals surface area contributed by atoms with Crippen molar-refractivity contribution in [3.8, 4) is 0 Å². The summed E-state index contributed by atoms with van der Waals surface area (Å²) >= 11 is 3.18. The van der Waals surface area contributed by atoms with Crippen molar-refractivity contribution >= 4 is 33.6 Å². The average Bonchev–Trinajstić information content (AvgIpc) is 2.39. The van der Waals surface area contributed by atoms with E-state index in [1.807, 2.05) is 0 Å². The highest BCUT2D eigenvalue weighted by Gasteiger charge is 2.17. The van der Waals surface area contributed by atoms with Gasteiger partial charge in [0.25, 0.3) is 5.91 Å². The van der Waals surface area contributed by atoms with Gasteiger partial charge in [-0.15, -0.1) is 0 Å². The molecule has 0 aliphatic rings. The Morgan fingerprint density at radius 1 is 1.11 bits per heavy atom. The number of anilines is 1. The highest BCUT2D eigenvalue weighted by molar-refractivity contribution is 9.10. The summed E-state index contributed by atoms with van der Waals surface area (Å²) < 4.78 is 0.494. The van der Waals surface area contributed by atoms with Gasteiger partial charge in [0.1, 0.15) is 5.69 Å². The highest BCUT2D eigenvalue weighted by atomic mass is 79.9. The summed E-state index contributed by atoms with van der Waals surface area (Å²) in [7, 11) is 0. The summed E-state index contributed by atoms with van der Waals surface area (Å²) in [6.07, 6.45) is 3.97. The number of hydrogen-bond donors (Lipinski definition) is 2. The van der Waals surface area contributed by atoms with E-state index in [4.69, 9.17) is 5.11 Å². The molecule has 19 heavy (non-hydrogen) atoms. The van der Waals surface area contributed by atoms with E-state index in [-0.39, 0.29) is 17.2 Å². The molecule has 0 saturated heterocycles. The summed E-state index contributed by atoms with van der Waals surface area (Å²) in [5.41, 5.74) is -0.201. The Morgan fingerprint density at radius 3 is 2.47 bits per heavy atom. The minimum Gasteiger partial charge on any atom is -0.476 e. The molecule has 0 atom stereocenters. The largest absolute Gasteiger partial charge is 0.476 e. The lowest BCUT2D eigenvalue weighted by Crippen LogP contribution is -2.18. The van der Waals surface area contributed by atoms with E-state index in [0.717, 1.165) is 0 Å². The maximum Gasteiger partial charge on any atom is 0.358 e. The summed E-state index contributed by atoms with van der Waals surface area (Å²) in [5.74, 6) is -1.98. The molecule has 0 bridgehead atoms. The molecule has 7 nitrogen and oxygen atoms in total. The van der Waals surface area contributed by atoms with Gasteiger partial charge < -0.3 is 10.4 Å². The van der Waals surface area contributed by atoms with Crippen LogP contribution in [-0.4, -0.2) is 31.9 Å². The number of carboxylic acids is 1. The van der Waals surface area contributed by atoms with Crippen molar-refractivity contribution in [1.29, 1.82) is 0 Å². The molecule has 0 radical (unpaired) electrons. The number of amides is 1. The summed E-state index contributed by atoms with van der Waals surface area (Å²) in [6, 6.07) is 3.31. The van der Waals surface area contributed by atoms with E-state index in [0.29, 0.717) is 4.47 Å². The zero-order valence-electron chi connectivity index (χ0n) is 9.37. The fourth-order valence-electron chi connectivity index (χ4n) is 1.31. The molecule has 8 heteroatoms. The molecule has 96 valence electrons. The molecule has 0 unspecified atom stereocenters. The highest BCUT2D eigenvalue weighted by Crippen LogP contribution is 2.15. The minimum absolute atomic E-state index is 0.127. The van der Waals surface area contributed by atoms with Gasteiger partial charge >= 0.3 is 5.97 Å². The molecule has 2 N–H and O–H groups in total. The number of nitrogens with one attached hydrogen (secondary N) is 1. The summed E-state index contributed by atoms with van der Waals surface area (Å²) in [6.45, 7) is 0. The van der Waals surface area contributed by atoms with E-state index in [1.54, 1.807) is 12.1 Å². The van der Waals surface area contributed by atoms with Crippen LogP contribution in [0.5, 0.6) is 0 Å². The molecule has 2 aromatic rings. The molecule has 0 saturated carbocycles. The first-order valence-electron chi connectivity index (χ1n) is 5.05. The summed E-state index contributed by atoms with van der Waals surface area (Å²) in [4.78, 5) is 34.2. The number of halogens is 1. The predicted octanol–water partition coefficient (Wildman–Crippen LogP) is 1.58. The molecule has 0 aliphatic heterocycles. The van der Waals surface area contributed by atoms with Crippen LogP contribution >= 0.6 is 15.9 Å². The molecule has 0 fully saturated rings. The third kappa shape index (κ3) is 2.91. The lowest BCUT2D eigenvalue weighted by molar-refractivity contribution is 0.0691. The van der Waals surface area contributed by atoms with Crippen molar-refractivity contribution in [3.05, 3.63) is 46.6 Å². The van der Waals surface area contributed by atoms with Crippen LogP contribution < -0.4 is 5.32 Å². The Labute approximate surface area is 115 Å². The number of pyridine rings is 1. The fraction of sp³-hybridized carbons (Fsp3) is 0. The standard InChI is InChI=1S/C11H7BrN4O3/c12-6-2-1-3-13-7(6)10(17)16-9-8(11(18)19)14-4-5-15-9/h1-5H,(H,18,19)(H,15,16,17). The van der Waals surface area contributed by atoms with Crippen molar-refractivity contribution in [2.45, 2.75) is 0 Å². The Kier molecular flexibility index (Phi) is 3.81. The first kappa shape index (κ1) is 13.1. The van der Waals surface area contributed by atoms with E-state index in [1.165, 1.54) is 18.6 Å². The molecule has 0 spiro atoms. The van der Waals surface area contributed by atoms with Crippen molar-refractivity contribution < 1.29 is 14.7 Å². The Morgan fingerprint density at radius 2 is 1.79 bits per heavy atom. The first-order chi connectivity index (χ1) is 9.09. The van der Waals surface area contributed by atoms with E-state index >= 15 is 0 Å². The molecular formula is C11H7BrN4O3. The lowest BCUT2D eigenvalue weighted by atomic mass is 10.3. The molecular weight excluding hydrogens is 316 g/mol. The fourth-order valence-corrected chi connectivity index (χ4v) is 1.74. The smallest absolute Gasteiger partial charge is 0.358 e. The van der Waals surface area contributed by atoms with Crippen LogP contribution in [0.1, 0.15) is 21.0 Å². The van der Waals surface area contributed by atoms with Crippen LogP contribution in [-0.2, 0) is 0 Å². The maximum atomic E-state index is 11.9. The molecule has 2 rings (SSSR count). The van der Waals surface area contributed by atoms with Crippen LogP contribution in [0.2, 0.25) is 0 Å². The van der Waals surface area contributed by atoms with Crippen LogP contribution in [0.15, 0.2) is 35.2 Å². The Hall–Kier alpha value is -2.35. The molecule has 0 aromatic carbocycles. The van der Waals surface area contributed by atoms with Gasteiger partial charge in [-0.3, -0.25) is 4.79 Å². The normalized spacial score (nSPS) is 9.95. The number of aromatic nitrogens is 3. The predicted molar refractivity (Wildman–Crippen MR) is 68.9 cm³/mol. The van der Waals surface area contributed by atoms with Gasteiger partial charge in [-0.05, 0) is 28.1 Å². The van der Waals surface area contributed by atoms with E-state index < -0.39 is 11.9 Å². The second kappa shape index (κ2) is 5.53. The van der Waals surface area contributed by atoms with Crippen LogP contribution in [0, 0.1) is 0 Å². The zero-order chi connectivity index (χ0) is 13.8. The van der Waals surface area contributed by atoms with E-state index in [2.05, 4.69) is 36.2 Å². The number of carbonyl (C=O) groups excluding carboxylic acids is 1. The number of nitrogens with zero attached hydrogens (tertiary/aromatic N) is 3. The zero-order valence-corrected chi connectivity index (χ0v) is 11.0. The second-order valence-corrected chi connectivity index (χ2v) is 4.20. The molecule has 0 aliphatic carbocycles. The Bertz CT molecular complexity index is 647. The molecule has 2 aromatic heterocycles. The first-order valence-corrected chi connectivity index (χ1v) is 5.85. The van der Waals surface area contributed by atoms with Crippen molar-refractivity contribution in [3.63, 3.8) is 0 Å². The Balaban J connectivity index is 2.30. The van der Waals surface area contributed by atoms with Gasteiger partial charge in [0.15, 0.2) is 11.5 Å². The lowest BCUT2D eigenvalue weighted by Gasteiger charge is -2.06.